The highest BCUT2D eigenvalue weighted by Crippen LogP contribution is 2.19. The van der Waals surface area contributed by atoms with Crippen LogP contribution in [0.25, 0.3) is 11.6 Å². The SMILES string of the molecule is N#Cc1ccc(/C=C(/C=O)c2ccc(O)cc2)cc1. The summed E-state index contributed by atoms with van der Waals surface area (Å²) in [6.07, 6.45) is 2.51. The van der Waals surface area contributed by atoms with Crippen molar-refractivity contribution in [3.63, 3.8) is 0 Å². The first-order valence-electron chi connectivity index (χ1n) is 5.69. The van der Waals surface area contributed by atoms with E-state index in [1.807, 2.05) is 6.07 Å². The normalized spacial score (nSPS) is 10.8. The first-order chi connectivity index (χ1) is 9.22. The molecule has 0 spiro atoms. The Morgan fingerprint density at radius 1 is 1.05 bits per heavy atom. The van der Waals surface area contributed by atoms with Gasteiger partial charge in [-0.3, -0.25) is 4.79 Å². The lowest BCUT2D eigenvalue weighted by atomic mass is 10.0. The van der Waals surface area contributed by atoms with Crippen molar-refractivity contribution in [1.29, 1.82) is 5.26 Å². The standard InChI is InChI=1S/C16H11NO2/c17-10-13-3-1-12(2-4-13)9-15(11-18)14-5-7-16(19)8-6-14/h1-9,11,19H/b15-9-. The highest BCUT2D eigenvalue weighted by Gasteiger charge is 2.01. The number of aromatic hydroxyl groups is 1. The van der Waals surface area contributed by atoms with Gasteiger partial charge in [-0.25, -0.2) is 0 Å². The van der Waals surface area contributed by atoms with E-state index in [9.17, 15) is 9.90 Å². The number of nitriles is 1. The number of hydrogen-bond acceptors (Lipinski definition) is 3. The van der Waals surface area contributed by atoms with Gasteiger partial charge in [-0.2, -0.15) is 5.26 Å². The van der Waals surface area contributed by atoms with Crippen LogP contribution in [0.1, 0.15) is 16.7 Å². The maximum Gasteiger partial charge on any atom is 0.150 e. The van der Waals surface area contributed by atoms with Crippen LogP contribution in [0, 0.1) is 11.3 Å². The third-order valence-electron chi connectivity index (χ3n) is 2.69. The average Bonchev–Trinajstić information content (AvgIpc) is 2.46. The molecular weight excluding hydrogens is 238 g/mol. The van der Waals surface area contributed by atoms with Crippen molar-refractivity contribution in [2.75, 3.05) is 0 Å². The van der Waals surface area contributed by atoms with Gasteiger partial charge in [0.2, 0.25) is 0 Å². The molecule has 92 valence electrons. The van der Waals surface area contributed by atoms with Crippen LogP contribution in [-0.2, 0) is 4.79 Å². The van der Waals surface area contributed by atoms with E-state index in [0.29, 0.717) is 11.1 Å². The number of phenolic OH excluding ortho intramolecular Hbond substituents is 1. The van der Waals surface area contributed by atoms with E-state index < -0.39 is 0 Å². The second-order valence-corrected chi connectivity index (χ2v) is 4.00. The summed E-state index contributed by atoms with van der Waals surface area (Å²) >= 11 is 0. The van der Waals surface area contributed by atoms with Gasteiger partial charge in [0.05, 0.1) is 11.6 Å². The molecule has 0 aliphatic heterocycles. The summed E-state index contributed by atoms with van der Waals surface area (Å²) in [5.41, 5.74) is 2.67. The Morgan fingerprint density at radius 2 is 1.68 bits per heavy atom. The molecule has 0 aliphatic carbocycles. The predicted octanol–water partition coefficient (Wildman–Crippen LogP) is 3.00. The summed E-state index contributed by atoms with van der Waals surface area (Å²) in [5, 5.41) is 17.9. The monoisotopic (exact) mass is 249 g/mol. The number of nitrogens with zero attached hydrogens (tertiary/aromatic N) is 1. The molecule has 2 rings (SSSR count). The van der Waals surface area contributed by atoms with E-state index in [1.165, 1.54) is 12.1 Å². The van der Waals surface area contributed by atoms with Crippen LogP contribution >= 0.6 is 0 Å². The van der Waals surface area contributed by atoms with E-state index in [1.54, 1.807) is 42.5 Å². The van der Waals surface area contributed by atoms with Gasteiger partial charge in [-0.15, -0.1) is 0 Å². The van der Waals surface area contributed by atoms with Crippen molar-refractivity contribution >= 4 is 17.9 Å². The molecule has 19 heavy (non-hydrogen) atoms. The summed E-state index contributed by atoms with van der Waals surface area (Å²) < 4.78 is 0. The fraction of sp³-hybridized carbons (Fsp3) is 0. The molecule has 0 atom stereocenters. The van der Waals surface area contributed by atoms with E-state index in [2.05, 4.69) is 0 Å². The second-order valence-electron chi connectivity index (χ2n) is 4.00. The molecule has 1 N–H and O–H groups in total. The van der Waals surface area contributed by atoms with Crippen LogP contribution in [0.2, 0.25) is 0 Å². The third-order valence-corrected chi connectivity index (χ3v) is 2.69. The zero-order chi connectivity index (χ0) is 13.7. The van der Waals surface area contributed by atoms with Crippen LogP contribution in [0.3, 0.4) is 0 Å². The Balaban J connectivity index is 2.35. The molecule has 3 nitrogen and oxygen atoms in total. The number of carbonyl (C=O) groups excluding carboxylic acids is 1. The smallest absolute Gasteiger partial charge is 0.150 e. The number of rotatable bonds is 3. The van der Waals surface area contributed by atoms with Gasteiger partial charge in [0, 0.05) is 5.57 Å². The highest BCUT2D eigenvalue weighted by molar-refractivity contribution is 6.13. The van der Waals surface area contributed by atoms with Gasteiger partial charge in [0.25, 0.3) is 0 Å². The largest absolute Gasteiger partial charge is 0.508 e. The van der Waals surface area contributed by atoms with Crippen LogP contribution in [-0.4, -0.2) is 11.4 Å². The van der Waals surface area contributed by atoms with Crippen LogP contribution in [0.5, 0.6) is 5.75 Å². The molecule has 0 radical (unpaired) electrons. The summed E-state index contributed by atoms with van der Waals surface area (Å²) in [6, 6.07) is 15.4. The van der Waals surface area contributed by atoms with Crippen molar-refractivity contribution in [3.8, 4) is 11.8 Å². The second kappa shape index (κ2) is 5.65. The summed E-state index contributed by atoms with van der Waals surface area (Å²) in [7, 11) is 0. The maximum absolute atomic E-state index is 11.1. The minimum Gasteiger partial charge on any atom is -0.508 e. The topological polar surface area (TPSA) is 61.1 Å². The van der Waals surface area contributed by atoms with E-state index >= 15 is 0 Å². The molecule has 0 saturated carbocycles. The van der Waals surface area contributed by atoms with Gasteiger partial charge < -0.3 is 5.11 Å². The number of allylic oxidation sites excluding steroid dienone is 1. The van der Waals surface area contributed by atoms with Gasteiger partial charge in [-0.05, 0) is 41.5 Å². The lowest BCUT2D eigenvalue weighted by Crippen LogP contribution is -1.86. The van der Waals surface area contributed by atoms with Crippen molar-refractivity contribution in [2.24, 2.45) is 0 Å². The Kier molecular flexibility index (Phi) is 3.75. The molecule has 0 unspecified atom stereocenters. The molecule has 0 heterocycles. The van der Waals surface area contributed by atoms with Gasteiger partial charge in [0.1, 0.15) is 5.75 Å². The van der Waals surface area contributed by atoms with Gasteiger partial charge >= 0.3 is 0 Å². The zero-order valence-electron chi connectivity index (χ0n) is 10.1. The van der Waals surface area contributed by atoms with E-state index in [4.69, 9.17) is 5.26 Å². The molecule has 0 aromatic heterocycles. The van der Waals surface area contributed by atoms with Crippen LogP contribution in [0.15, 0.2) is 48.5 Å². The first-order valence-corrected chi connectivity index (χ1v) is 5.69. The Hall–Kier alpha value is -2.86. The predicted molar refractivity (Wildman–Crippen MR) is 73.2 cm³/mol. The zero-order valence-corrected chi connectivity index (χ0v) is 10.1. The Labute approximate surface area is 111 Å². The fourth-order valence-electron chi connectivity index (χ4n) is 1.67. The Bertz CT molecular complexity index is 647. The lowest BCUT2D eigenvalue weighted by Gasteiger charge is -2.01. The molecule has 0 amide bonds. The molecule has 2 aromatic rings. The third kappa shape index (κ3) is 3.08. The lowest BCUT2D eigenvalue weighted by molar-refractivity contribution is -0.103. The number of benzene rings is 2. The van der Waals surface area contributed by atoms with Crippen molar-refractivity contribution in [1.82, 2.24) is 0 Å². The molecule has 0 bridgehead atoms. The van der Waals surface area contributed by atoms with Crippen molar-refractivity contribution in [3.05, 3.63) is 65.2 Å². The first kappa shape index (κ1) is 12.6. The van der Waals surface area contributed by atoms with E-state index in [-0.39, 0.29) is 5.75 Å². The fourth-order valence-corrected chi connectivity index (χ4v) is 1.67. The number of carbonyl (C=O) groups is 1. The molecule has 0 saturated heterocycles. The summed E-state index contributed by atoms with van der Waals surface area (Å²) in [5.74, 6) is 0.160. The van der Waals surface area contributed by atoms with Crippen molar-refractivity contribution < 1.29 is 9.90 Å². The number of phenols is 1. The minimum absolute atomic E-state index is 0.160. The Morgan fingerprint density at radius 3 is 2.21 bits per heavy atom. The maximum atomic E-state index is 11.1. The average molecular weight is 249 g/mol. The number of aldehydes is 1. The summed E-state index contributed by atoms with van der Waals surface area (Å²) in [4.78, 5) is 11.1. The molecule has 3 heteroatoms. The van der Waals surface area contributed by atoms with Gasteiger partial charge in [0.15, 0.2) is 6.29 Å². The number of hydrogen-bond donors (Lipinski definition) is 1. The van der Waals surface area contributed by atoms with E-state index in [0.717, 1.165) is 17.4 Å². The van der Waals surface area contributed by atoms with Crippen molar-refractivity contribution in [2.45, 2.75) is 0 Å². The van der Waals surface area contributed by atoms with Gasteiger partial charge in [-0.1, -0.05) is 24.3 Å². The highest BCUT2D eigenvalue weighted by atomic mass is 16.3. The molecule has 2 aromatic carbocycles. The molecule has 0 fully saturated rings. The minimum atomic E-state index is 0.160. The summed E-state index contributed by atoms with van der Waals surface area (Å²) in [6.45, 7) is 0. The molecule has 0 aliphatic rings. The molecular formula is C16H11NO2. The quantitative estimate of drug-likeness (QED) is 0.516. The van der Waals surface area contributed by atoms with Crippen LogP contribution in [0.4, 0.5) is 0 Å². The van der Waals surface area contributed by atoms with Crippen LogP contribution < -0.4 is 0 Å².